The molecule has 0 aliphatic carbocycles. The lowest BCUT2D eigenvalue weighted by Gasteiger charge is -2.10. The Kier molecular flexibility index (Phi) is 3.77. The van der Waals surface area contributed by atoms with Crippen molar-refractivity contribution in [1.82, 2.24) is 0 Å². The van der Waals surface area contributed by atoms with E-state index in [0.717, 1.165) is 11.1 Å². The summed E-state index contributed by atoms with van der Waals surface area (Å²) in [6.07, 6.45) is 1.32. The van der Waals surface area contributed by atoms with E-state index in [0.29, 0.717) is 17.3 Å². The molecule has 0 amide bonds. The molecule has 4 heteroatoms. The van der Waals surface area contributed by atoms with Crippen LogP contribution in [0.25, 0.3) is 0 Å². The topological polar surface area (TPSA) is 60.7 Å². The van der Waals surface area contributed by atoms with Crippen LogP contribution in [0.1, 0.15) is 17.5 Å². The molecule has 1 rings (SSSR count). The fourth-order valence-electron chi connectivity index (χ4n) is 1.35. The summed E-state index contributed by atoms with van der Waals surface area (Å²) in [4.78, 5) is 0. The van der Waals surface area contributed by atoms with Gasteiger partial charge in [0.05, 0.1) is 4.47 Å². The zero-order valence-electron chi connectivity index (χ0n) is 7.92. The van der Waals surface area contributed by atoms with Gasteiger partial charge in [0.1, 0.15) is 0 Å². The van der Waals surface area contributed by atoms with E-state index in [1.165, 1.54) is 6.07 Å². The Labute approximate surface area is 91.1 Å². The molecule has 3 nitrogen and oxygen atoms in total. The number of aliphatic hydroxyl groups is 1. The van der Waals surface area contributed by atoms with Crippen LogP contribution in [0.4, 0.5) is 0 Å². The Morgan fingerprint density at radius 3 is 2.57 bits per heavy atom. The maximum atomic E-state index is 9.45. The Hall–Kier alpha value is -0.740. The van der Waals surface area contributed by atoms with Crippen molar-refractivity contribution in [3.05, 3.63) is 21.7 Å². The minimum atomic E-state index is -0.136. The maximum Gasteiger partial charge on any atom is 0.172 e. The standard InChI is InChI=1S/C10H13BrO3/c1-6-5-8(13)10(14)9(11)7(6)3-2-4-12/h5,12-14H,2-4H2,1H3. The van der Waals surface area contributed by atoms with Crippen LogP contribution in [-0.4, -0.2) is 21.9 Å². The van der Waals surface area contributed by atoms with Crippen molar-refractivity contribution in [2.24, 2.45) is 0 Å². The first-order chi connectivity index (χ1) is 6.57. The van der Waals surface area contributed by atoms with Gasteiger partial charge < -0.3 is 15.3 Å². The van der Waals surface area contributed by atoms with Crippen LogP contribution in [0.2, 0.25) is 0 Å². The van der Waals surface area contributed by atoms with Crippen LogP contribution in [0.3, 0.4) is 0 Å². The predicted octanol–water partition coefficient (Wildman–Crippen LogP) is 2.09. The molecule has 0 saturated carbocycles. The first-order valence-electron chi connectivity index (χ1n) is 4.38. The molecule has 14 heavy (non-hydrogen) atoms. The number of aryl methyl sites for hydroxylation is 1. The summed E-state index contributed by atoms with van der Waals surface area (Å²) < 4.78 is 0.517. The molecule has 0 radical (unpaired) electrons. The Bertz CT molecular complexity index is 337. The predicted molar refractivity (Wildman–Crippen MR) is 57.6 cm³/mol. The number of aliphatic hydroxyl groups excluding tert-OH is 1. The summed E-state index contributed by atoms with van der Waals surface area (Å²) in [5.41, 5.74) is 1.83. The molecular formula is C10H13BrO3. The summed E-state index contributed by atoms with van der Waals surface area (Å²) in [7, 11) is 0. The third-order valence-corrected chi connectivity index (χ3v) is 2.98. The van der Waals surface area contributed by atoms with E-state index in [2.05, 4.69) is 15.9 Å². The van der Waals surface area contributed by atoms with Crippen LogP contribution in [-0.2, 0) is 6.42 Å². The smallest absolute Gasteiger partial charge is 0.172 e. The summed E-state index contributed by atoms with van der Waals surface area (Å²) in [6.45, 7) is 1.98. The van der Waals surface area contributed by atoms with Gasteiger partial charge in [-0.2, -0.15) is 0 Å². The molecule has 0 saturated heterocycles. The van der Waals surface area contributed by atoms with E-state index < -0.39 is 0 Å². The zero-order chi connectivity index (χ0) is 10.7. The number of rotatable bonds is 3. The summed E-state index contributed by atoms with van der Waals surface area (Å²) in [6, 6.07) is 1.52. The fourth-order valence-corrected chi connectivity index (χ4v) is 2.07. The number of hydrogen-bond acceptors (Lipinski definition) is 3. The molecule has 78 valence electrons. The highest BCUT2D eigenvalue weighted by molar-refractivity contribution is 9.10. The molecule has 0 spiro atoms. The second-order valence-electron chi connectivity index (χ2n) is 3.18. The van der Waals surface area contributed by atoms with Crippen molar-refractivity contribution >= 4 is 15.9 Å². The average Bonchev–Trinajstić information content (AvgIpc) is 2.14. The molecule has 0 aromatic heterocycles. The first-order valence-corrected chi connectivity index (χ1v) is 5.18. The van der Waals surface area contributed by atoms with Crippen molar-refractivity contribution in [3.8, 4) is 11.5 Å². The van der Waals surface area contributed by atoms with E-state index in [1.54, 1.807) is 0 Å². The lowest BCUT2D eigenvalue weighted by atomic mass is 10.0. The van der Waals surface area contributed by atoms with Gasteiger partial charge in [0, 0.05) is 6.61 Å². The van der Waals surface area contributed by atoms with Gasteiger partial charge in [-0.25, -0.2) is 0 Å². The zero-order valence-corrected chi connectivity index (χ0v) is 9.50. The molecule has 0 atom stereocenters. The van der Waals surface area contributed by atoms with Crippen molar-refractivity contribution in [1.29, 1.82) is 0 Å². The molecule has 0 heterocycles. The highest BCUT2D eigenvalue weighted by atomic mass is 79.9. The van der Waals surface area contributed by atoms with Gasteiger partial charge in [-0.15, -0.1) is 0 Å². The molecule has 0 bridgehead atoms. The number of benzene rings is 1. The van der Waals surface area contributed by atoms with Crippen LogP contribution in [0, 0.1) is 6.92 Å². The van der Waals surface area contributed by atoms with Crippen LogP contribution >= 0.6 is 15.9 Å². The monoisotopic (exact) mass is 260 g/mol. The molecule has 1 aromatic rings. The first kappa shape index (κ1) is 11.3. The molecule has 0 aliphatic rings. The molecular weight excluding hydrogens is 248 g/mol. The summed E-state index contributed by atoms with van der Waals surface area (Å²) in [5, 5.41) is 27.5. The molecule has 1 aromatic carbocycles. The van der Waals surface area contributed by atoms with Gasteiger partial charge in [-0.05, 0) is 52.9 Å². The summed E-state index contributed by atoms with van der Waals surface area (Å²) >= 11 is 3.22. The normalized spacial score (nSPS) is 10.5. The van der Waals surface area contributed by atoms with Gasteiger partial charge in [0.15, 0.2) is 11.5 Å². The quantitative estimate of drug-likeness (QED) is 0.730. The number of phenolic OH excluding ortho intramolecular Hbond substituents is 2. The van der Waals surface area contributed by atoms with Crippen LogP contribution in [0.5, 0.6) is 11.5 Å². The summed E-state index contributed by atoms with van der Waals surface area (Å²) in [5.74, 6) is -0.259. The third-order valence-electron chi connectivity index (χ3n) is 2.13. The lowest BCUT2D eigenvalue weighted by Crippen LogP contribution is -1.94. The van der Waals surface area contributed by atoms with Gasteiger partial charge in [0.2, 0.25) is 0 Å². The minimum Gasteiger partial charge on any atom is -0.504 e. The van der Waals surface area contributed by atoms with Crippen molar-refractivity contribution in [3.63, 3.8) is 0 Å². The van der Waals surface area contributed by atoms with Gasteiger partial charge in [0.25, 0.3) is 0 Å². The SMILES string of the molecule is Cc1cc(O)c(O)c(Br)c1CCCO. The van der Waals surface area contributed by atoms with E-state index in [9.17, 15) is 10.2 Å². The Morgan fingerprint density at radius 1 is 1.36 bits per heavy atom. The molecule has 0 aliphatic heterocycles. The van der Waals surface area contributed by atoms with Gasteiger partial charge >= 0.3 is 0 Å². The van der Waals surface area contributed by atoms with Crippen LogP contribution < -0.4 is 0 Å². The lowest BCUT2D eigenvalue weighted by molar-refractivity contribution is 0.288. The Balaban J connectivity index is 3.09. The van der Waals surface area contributed by atoms with Crippen LogP contribution in [0.15, 0.2) is 10.5 Å². The second-order valence-corrected chi connectivity index (χ2v) is 3.97. The maximum absolute atomic E-state index is 9.45. The van der Waals surface area contributed by atoms with Crippen molar-refractivity contribution in [2.75, 3.05) is 6.61 Å². The van der Waals surface area contributed by atoms with Crippen molar-refractivity contribution in [2.45, 2.75) is 19.8 Å². The average molecular weight is 261 g/mol. The molecule has 0 fully saturated rings. The fraction of sp³-hybridized carbons (Fsp3) is 0.400. The molecule has 3 N–H and O–H groups in total. The van der Waals surface area contributed by atoms with Gasteiger partial charge in [-0.3, -0.25) is 0 Å². The number of aromatic hydroxyl groups is 2. The number of phenols is 2. The van der Waals surface area contributed by atoms with E-state index >= 15 is 0 Å². The molecule has 0 unspecified atom stereocenters. The number of hydrogen-bond donors (Lipinski definition) is 3. The van der Waals surface area contributed by atoms with E-state index in [4.69, 9.17) is 5.11 Å². The largest absolute Gasteiger partial charge is 0.504 e. The van der Waals surface area contributed by atoms with E-state index in [-0.39, 0.29) is 18.1 Å². The minimum absolute atomic E-state index is 0.119. The number of halogens is 1. The van der Waals surface area contributed by atoms with Gasteiger partial charge in [-0.1, -0.05) is 0 Å². The highest BCUT2D eigenvalue weighted by Gasteiger charge is 2.12. The second kappa shape index (κ2) is 4.66. The van der Waals surface area contributed by atoms with Crippen molar-refractivity contribution < 1.29 is 15.3 Å². The Morgan fingerprint density at radius 2 is 2.00 bits per heavy atom. The third kappa shape index (κ3) is 2.19. The van der Waals surface area contributed by atoms with E-state index in [1.807, 2.05) is 6.92 Å². The highest BCUT2D eigenvalue weighted by Crippen LogP contribution is 2.38.